The van der Waals surface area contributed by atoms with Gasteiger partial charge in [-0.15, -0.1) is 0 Å². The van der Waals surface area contributed by atoms with Crippen molar-refractivity contribution in [3.05, 3.63) is 84.4 Å². The minimum atomic E-state index is -0.398. The summed E-state index contributed by atoms with van der Waals surface area (Å²) < 4.78 is 5.43. The van der Waals surface area contributed by atoms with Crippen LogP contribution in [0.25, 0.3) is 0 Å². The second kappa shape index (κ2) is 6.55. The summed E-state index contributed by atoms with van der Waals surface area (Å²) >= 11 is 0. The van der Waals surface area contributed by atoms with E-state index in [4.69, 9.17) is 4.74 Å². The molecule has 0 aliphatic carbocycles. The maximum Gasteiger partial charge on any atom is 0.330 e. The zero-order valence-corrected chi connectivity index (χ0v) is 10.7. The Balaban J connectivity index is 2.19. The molecule has 0 bridgehead atoms. The van der Waals surface area contributed by atoms with Crippen molar-refractivity contribution in [2.24, 2.45) is 0 Å². The van der Waals surface area contributed by atoms with Gasteiger partial charge in [-0.25, -0.2) is 4.79 Å². The molecule has 2 aromatic rings. The van der Waals surface area contributed by atoms with Crippen LogP contribution in [0.15, 0.2) is 73.3 Å². The van der Waals surface area contributed by atoms with Gasteiger partial charge in [-0.05, 0) is 11.1 Å². The van der Waals surface area contributed by atoms with Crippen LogP contribution < -0.4 is 0 Å². The van der Waals surface area contributed by atoms with Crippen LogP contribution in [0.5, 0.6) is 0 Å². The lowest BCUT2D eigenvalue weighted by Crippen LogP contribution is -2.11. The molecule has 0 saturated heterocycles. The first-order valence-corrected chi connectivity index (χ1v) is 6.21. The number of hydrogen-bond acceptors (Lipinski definition) is 2. The van der Waals surface area contributed by atoms with E-state index in [0.29, 0.717) is 6.42 Å². The van der Waals surface area contributed by atoms with E-state index in [1.807, 2.05) is 60.7 Å². The van der Waals surface area contributed by atoms with Gasteiger partial charge in [-0.3, -0.25) is 0 Å². The van der Waals surface area contributed by atoms with Crippen LogP contribution in [0.1, 0.15) is 17.2 Å². The average molecular weight is 252 g/mol. The lowest BCUT2D eigenvalue weighted by Gasteiger charge is -2.17. The first-order chi connectivity index (χ1) is 9.29. The van der Waals surface area contributed by atoms with E-state index in [0.717, 1.165) is 11.1 Å². The first kappa shape index (κ1) is 13.1. The van der Waals surface area contributed by atoms with Crippen LogP contribution in [-0.2, 0) is 16.0 Å². The Hall–Kier alpha value is -2.35. The first-order valence-electron chi connectivity index (χ1n) is 6.21. The van der Waals surface area contributed by atoms with Gasteiger partial charge in [0.15, 0.2) is 0 Å². The molecule has 0 radical (unpaired) electrons. The monoisotopic (exact) mass is 252 g/mol. The fourth-order valence-electron chi connectivity index (χ4n) is 1.91. The number of benzene rings is 2. The van der Waals surface area contributed by atoms with E-state index in [1.54, 1.807) is 0 Å². The van der Waals surface area contributed by atoms with Crippen molar-refractivity contribution in [1.82, 2.24) is 0 Å². The highest BCUT2D eigenvalue weighted by atomic mass is 16.5. The van der Waals surface area contributed by atoms with Crippen molar-refractivity contribution in [2.45, 2.75) is 12.5 Å². The molecule has 0 spiro atoms. The Morgan fingerprint density at radius 3 is 2.21 bits per heavy atom. The molecule has 0 aliphatic rings. The van der Waals surface area contributed by atoms with Gasteiger partial charge >= 0.3 is 5.97 Å². The molecule has 2 nitrogen and oxygen atoms in total. The molecular weight excluding hydrogens is 236 g/mol. The molecule has 0 heterocycles. The smallest absolute Gasteiger partial charge is 0.330 e. The minimum Gasteiger partial charge on any atom is -0.454 e. The Labute approximate surface area is 113 Å². The molecule has 0 aromatic heterocycles. The summed E-state index contributed by atoms with van der Waals surface area (Å²) in [6, 6.07) is 19.7. The van der Waals surface area contributed by atoms with E-state index in [1.165, 1.54) is 6.08 Å². The van der Waals surface area contributed by atoms with Gasteiger partial charge in [0, 0.05) is 12.5 Å². The lowest BCUT2D eigenvalue weighted by molar-refractivity contribution is -0.143. The number of rotatable bonds is 5. The van der Waals surface area contributed by atoms with E-state index >= 15 is 0 Å². The molecule has 19 heavy (non-hydrogen) atoms. The van der Waals surface area contributed by atoms with Crippen molar-refractivity contribution in [2.75, 3.05) is 0 Å². The van der Waals surface area contributed by atoms with Crippen molar-refractivity contribution in [3.63, 3.8) is 0 Å². The average Bonchev–Trinajstić information content (AvgIpc) is 2.48. The Morgan fingerprint density at radius 1 is 1.05 bits per heavy atom. The Morgan fingerprint density at radius 2 is 1.63 bits per heavy atom. The molecule has 0 amide bonds. The van der Waals surface area contributed by atoms with Crippen molar-refractivity contribution >= 4 is 5.97 Å². The molecule has 2 rings (SSSR count). The highest BCUT2D eigenvalue weighted by molar-refractivity contribution is 5.81. The number of carbonyl (C=O) groups excluding carboxylic acids is 1. The lowest BCUT2D eigenvalue weighted by atomic mass is 10.0. The third kappa shape index (κ3) is 3.81. The van der Waals surface area contributed by atoms with E-state index in [2.05, 4.69) is 6.58 Å². The molecule has 96 valence electrons. The standard InChI is InChI=1S/C17H16O2/c1-2-17(18)19-16(15-11-7-4-8-12-15)13-14-9-5-3-6-10-14/h2-12,16H,1,13H2. The van der Waals surface area contributed by atoms with Gasteiger partial charge in [0.25, 0.3) is 0 Å². The fourth-order valence-corrected chi connectivity index (χ4v) is 1.91. The summed E-state index contributed by atoms with van der Waals surface area (Å²) in [7, 11) is 0. The molecule has 0 fully saturated rings. The third-order valence-corrected chi connectivity index (χ3v) is 2.86. The maximum atomic E-state index is 11.4. The van der Waals surface area contributed by atoms with Crippen LogP contribution in [0, 0.1) is 0 Å². The molecule has 2 heteroatoms. The summed E-state index contributed by atoms with van der Waals surface area (Å²) in [5, 5.41) is 0. The van der Waals surface area contributed by atoms with Gasteiger partial charge in [-0.1, -0.05) is 67.2 Å². The summed E-state index contributed by atoms with van der Waals surface area (Å²) in [6.07, 6.45) is 1.57. The van der Waals surface area contributed by atoms with Crippen LogP contribution in [-0.4, -0.2) is 5.97 Å². The number of esters is 1. The summed E-state index contributed by atoms with van der Waals surface area (Å²) in [4.78, 5) is 11.4. The van der Waals surface area contributed by atoms with Crippen LogP contribution in [0.3, 0.4) is 0 Å². The summed E-state index contributed by atoms with van der Waals surface area (Å²) in [5.41, 5.74) is 2.12. The van der Waals surface area contributed by atoms with Crippen molar-refractivity contribution in [3.8, 4) is 0 Å². The second-order valence-corrected chi connectivity index (χ2v) is 4.23. The molecule has 2 aromatic carbocycles. The zero-order valence-electron chi connectivity index (χ0n) is 10.7. The topological polar surface area (TPSA) is 26.3 Å². The van der Waals surface area contributed by atoms with E-state index in [9.17, 15) is 4.79 Å². The highest BCUT2D eigenvalue weighted by Gasteiger charge is 2.15. The molecule has 1 atom stereocenters. The maximum absolute atomic E-state index is 11.4. The molecule has 0 N–H and O–H groups in total. The largest absolute Gasteiger partial charge is 0.454 e. The predicted octanol–water partition coefficient (Wildman–Crippen LogP) is 3.70. The van der Waals surface area contributed by atoms with Gasteiger partial charge < -0.3 is 4.74 Å². The van der Waals surface area contributed by atoms with Gasteiger partial charge in [0.1, 0.15) is 6.10 Å². The molecule has 0 saturated carbocycles. The molecule has 1 unspecified atom stereocenters. The highest BCUT2D eigenvalue weighted by Crippen LogP contribution is 2.22. The van der Waals surface area contributed by atoms with E-state index < -0.39 is 5.97 Å². The van der Waals surface area contributed by atoms with Crippen LogP contribution in [0.2, 0.25) is 0 Å². The normalized spacial score (nSPS) is 11.6. The van der Waals surface area contributed by atoms with Crippen molar-refractivity contribution < 1.29 is 9.53 Å². The van der Waals surface area contributed by atoms with Crippen LogP contribution in [0.4, 0.5) is 0 Å². The molecular formula is C17H16O2. The Kier molecular flexibility index (Phi) is 4.51. The van der Waals surface area contributed by atoms with Crippen molar-refractivity contribution in [1.29, 1.82) is 0 Å². The summed E-state index contributed by atoms with van der Waals surface area (Å²) in [6.45, 7) is 3.44. The predicted molar refractivity (Wildman–Crippen MR) is 75.6 cm³/mol. The number of ether oxygens (including phenoxy) is 1. The quantitative estimate of drug-likeness (QED) is 0.599. The van der Waals surface area contributed by atoms with Crippen LogP contribution >= 0.6 is 0 Å². The summed E-state index contributed by atoms with van der Waals surface area (Å²) in [5.74, 6) is -0.398. The zero-order chi connectivity index (χ0) is 13.5. The second-order valence-electron chi connectivity index (χ2n) is 4.23. The Bertz CT molecular complexity index is 532. The van der Waals surface area contributed by atoms with E-state index in [-0.39, 0.29) is 6.10 Å². The number of hydrogen-bond donors (Lipinski definition) is 0. The SMILES string of the molecule is C=CC(=O)OC(Cc1ccccc1)c1ccccc1. The number of carbonyl (C=O) groups is 1. The fraction of sp³-hybridized carbons (Fsp3) is 0.118. The minimum absolute atomic E-state index is 0.283. The third-order valence-electron chi connectivity index (χ3n) is 2.86. The van der Waals surface area contributed by atoms with Gasteiger partial charge in [0.2, 0.25) is 0 Å². The molecule has 0 aliphatic heterocycles. The van der Waals surface area contributed by atoms with Gasteiger partial charge in [-0.2, -0.15) is 0 Å². The van der Waals surface area contributed by atoms with Gasteiger partial charge in [0.05, 0.1) is 0 Å².